The van der Waals surface area contributed by atoms with E-state index < -0.39 is 0 Å². The number of hydrogen-bond acceptors (Lipinski definition) is 3. The molecule has 2 heterocycles. The Bertz CT molecular complexity index is 627. The highest BCUT2D eigenvalue weighted by Crippen LogP contribution is 2.32. The first-order valence-electron chi connectivity index (χ1n) is 5.44. The molecule has 1 aliphatic heterocycles. The smallest absolute Gasteiger partial charge is 0.266 e. The van der Waals surface area contributed by atoms with Crippen LogP contribution in [0, 0.1) is 0 Å². The van der Waals surface area contributed by atoms with Crippen molar-refractivity contribution in [1.29, 1.82) is 0 Å². The lowest BCUT2D eigenvalue weighted by atomic mass is 10.2. The van der Waals surface area contributed by atoms with Crippen molar-refractivity contribution in [1.82, 2.24) is 0 Å². The van der Waals surface area contributed by atoms with Gasteiger partial charge >= 0.3 is 0 Å². The molecule has 0 saturated carbocycles. The number of nitrogens with zero attached hydrogens (tertiary/aromatic N) is 1. The molecule has 0 radical (unpaired) electrons. The van der Waals surface area contributed by atoms with Gasteiger partial charge in [-0.15, -0.1) is 11.3 Å². The lowest BCUT2D eigenvalue weighted by Gasteiger charge is -1.97. The SMILES string of the molecule is O=C1N=C(c2ccccc2)S/C1=C/c1cccs1. The van der Waals surface area contributed by atoms with Crippen molar-refractivity contribution in [3.8, 4) is 0 Å². The Morgan fingerprint density at radius 1 is 1.06 bits per heavy atom. The molecule has 0 N–H and O–H groups in total. The Labute approximate surface area is 113 Å². The van der Waals surface area contributed by atoms with Gasteiger partial charge < -0.3 is 0 Å². The van der Waals surface area contributed by atoms with E-state index in [0.717, 1.165) is 15.5 Å². The Morgan fingerprint density at radius 3 is 2.61 bits per heavy atom. The van der Waals surface area contributed by atoms with Gasteiger partial charge in [0.1, 0.15) is 5.04 Å². The summed E-state index contributed by atoms with van der Waals surface area (Å²) < 4.78 is 0. The minimum atomic E-state index is -0.146. The molecule has 1 aromatic heterocycles. The first-order valence-corrected chi connectivity index (χ1v) is 7.14. The van der Waals surface area contributed by atoms with E-state index in [9.17, 15) is 4.79 Å². The number of hydrogen-bond donors (Lipinski definition) is 0. The van der Waals surface area contributed by atoms with E-state index in [0.29, 0.717) is 4.91 Å². The molecular formula is C14H9NOS2. The quantitative estimate of drug-likeness (QED) is 0.777. The van der Waals surface area contributed by atoms with Crippen LogP contribution in [0.5, 0.6) is 0 Å². The zero-order chi connectivity index (χ0) is 12.4. The third-order valence-corrected chi connectivity index (χ3v) is 4.31. The van der Waals surface area contributed by atoms with E-state index in [-0.39, 0.29) is 5.91 Å². The number of aliphatic imine (C=N–C) groups is 1. The first kappa shape index (κ1) is 11.4. The summed E-state index contributed by atoms with van der Waals surface area (Å²) in [6, 6.07) is 13.7. The second-order valence-corrected chi connectivity index (χ2v) is 5.72. The summed E-state index contributed by atoms with van der Waals surface area (Å²) in [7, 11) is 0. The molecule has 2 aromatic rings. The predicted octanol–water partition coefficient (Wildman–Crippen LogP) is 3.81. The number of carbonyl (C=O) groups is 1. The lowest BCUT2D eigenvalue weighted by molar-refractivity contribution is -0.113. The highest BCUT2D eigenvalue weighted by atomic mass is 32.2. The summed E-state index contributed by atoms with van der Waals surface area (Å²) in [5, 5.41) is 2.78. The number of rotatable bonds is 2. The lowest BCUT2D eigenvalue weighted by Crippen LogP contribution is -1.89. The fraction of sp³-hybridized carbons (Fsp3) is 0. The highest BCUT2D eigenvalue weighted by Gasteiger charge is 2.22. The van der Waals surface area contributed by atoms with Crippen LogP contribution in [0.3, 0.4) is 0 Å². The molecule has 88 valence electrons. The number of thioether (sulfide) groups is 1. The average Bonchev–Trinajstić information content (AvgIpc) is 3.02. The van der Waals surface area contributed by atoms with Gasteiger partial charge in [-0.1, -0.05) is 48.2 Å². The van der Waals surface area contributed by atoms with Crippen molar-refractivity contribution in [3.05, 3.63) is 63.2 Å². The van der Waals surface area contributed by atoms with E-state index in [2.05, 4.69) is 4.99 Å². The van der Waals surface area contributed by atoms with Crippen molar-refractivity contribution >= 4 is 40.1 Å². The molecule has 0 spiro atoms. The van der Waals surface area contributed by atoms with Crippen LogP contribution in [0.25, 0.3) is 6.08 Å². The van der Waals surface area contributed by atoms with Gasteiger partial charge in [0, 0.05) is 10.4 Å². The number of amides is 1. The topological polar surface area (TPSA) is 29.4 Å². The van der Waals surface area contributed by atoms with E-state index in [1.54, 1.807) is 11.3 Å². The Hall–Kier alpha value is -1.65. The third kappa shape index (κ3) is 2.30. The molecule has 0 bridgehead atoms. The monoisotopic (exact) mass is 271 g/mol. The Balaban J connectivity index is 1.87. The molecule has 18 heavy (non-hydrogen) atoms. The fourth-order valence-corrected chi connectivity index (χ4v) is 3.26. The molecular weight excluding hydrogens is 262 g/mol. The van der Waals surface area contributed by atoms with E-state index in [1.807, 2.05) is 53.9 Å². The third-order valence-electron chi connectivity index (χ3n) is 2.46. The molecule has 1 aromatic carbocycles. The van der Waals surface area contributed by atoms with Gasteiger partial charge in [-0.2, -0.15) is 0 Å². The Kier molecular flexibility index (Phi) is 3.13. The van der Waals surface area contributed by atoms with Crippen LogP contribution >= 0.6 is 23.1 Å². The van der Waals surface area contributed by atoms with Gasteiger partial charge in [-0.25, -0.2) is 4.99 Å². The maximum absolute atomic E-state index is 11.8. The van der Waals surface area contributed by atoms with Gasteiger partial charge in [0.15, 0.2) is 0 Å². The average molecular weight is 271 g/mol. The zero-order valence-electron chi connectivity index (χ0n) is 9.37. The molecule has 0 aliphatic carbocycles. The molecule has 0 unspecified atom stereocenters. The normalized spacial score (nSPS) is 17.2. The summed E-state index contributed by atoms with van der Waals surface area (Å²) >= 11 is 3.05. The summed E-state index contributed by atoms with van der Waals surface area (Å²) in [6.45, 7) is 0. The molecule has 4 heteroatoms. The van der Waals surface area contributed by atoms with Gasteiger partial charge in [-0.3, -0.25) is 4.79 Å². The molecule has 0 atom stereocenters. The first-order chi connectivity index (χ1) is 8.83. The second kappa shape index (κ2) is 4.92. The van der Waals surface area contributed by atoms with Crippen molar-refractivity contribution < 1.29 is 4.79 Å². The predicted molar refractivity (Wildman–Crippen MR) is 77.9 cm³/mol. The number of thiophene rings is 1. The number of benzene rings is 1. The minimum Gasteiger partial charge on any atom is -0.266 e. The molecule has 1 amide bonds. The largest absolute Gasteiger partial charge is 0.284 e. The van der Waals surface area contributed by atoms with E-state index in [4.69, 9.17) is 0 Å². The van der Waals surface area contributed by atoms with Crippen LogP contribution in [0.1, 0.15) is 10.4 Å². The summed E-state index contributed by atoms with van der Waals surface area (Å²) in [5.74, 6) is -0.146. The van der Waals surface area contributed by atoms with Crippen LogP contribution in [-0.4, -0.2) is 11.0 Å². The van der Waals surface area contributed by atoms with Crippen molar-refractivity contribution in [2.45, 2.75) is 0 Å². The van der Waals surface area contributed by atoms with Gasteiger partial charge in [0.05, 0.1) is 4.91 Å². The van der Waals surface area contributed by atoms with Gasteiger partial charge in [-0.05, 0) is 17.5 Å². The van der Waals surface area contributed by atoms with Crippen LogP contribution in [0.15, 0.2) is 57.7 Å². The molecule has 0 saturated heterocycles. The van der Waals surface area contributed by atoms with Gasteiger partial charge in [0.2, 0.25) is 0 Å². The van der Waals surface area contributed by atoms with Crippen LogP contribution < -0.4 is 0 Å². The highest BCUT2D eigenvalue weighted by molar-refractivity contribution is 8.19. The maximum atomic E-state index is 11.8. The fourth-order valence-electron chi connectivity index (χ4n) is 1.62. The summed E-state index contributed by atoms with van der Waals surface area (Å²) in [4.78, 5) is 17.7. The Morgan fingerprint density at radius 2 is 1.89 bits per heavy atom. The standard InChI is InChI=1S/C14H9NOS2/c16-13-12(9-11-7-4-8-17-11)18-14(15-13)10-5-2-1-3-6-10/h1-9H/b12-9+. The van der Waals surface area contributed by atoms with E-state index >= 15 is 0 Å². The molecule has 0 fully saturated rings. The van der Waals surface area contributed by atoms with Gasteiger partial charge in [0.25, 0.3) is 5.91 Å². The van der Waals surface area contributed by atoms with Crippen LogP contribution in [-0.2, 0) is 4.79 Å². The molecule has 2 nitrogen and oxygen atoms in total. The maximum Gasteiger partial charge on any atom is 0.284 e. The molecule has 1 aliphatic rings. The van der Waals surface area contributed by atoms with Crippen molar-refractivity contribution in [2.24, 2.45) is 4.99 Å². The zero-order valence-corrected chi connectivity index (χ0v) is 11.0. The van der Waals surface area contributed by atoms with Crippen LogP contribution in [0.4, 0.5) is 0 Å². The van der Waals surface area contributed by atoms with Crippen molar-refractivity contribution in [3.63, 3.8) is 0 Å². The molecule has 3 rings (SSSR count). The van der Waals surface area contributed by atoms with Crippen LogP contribution in [0.2, 0.25) is 0 Å². The summed E-state index contributed by atoms with van der Waals surface area (Å²) in [6.07, 6.45) is 1.90. The second-order valence-electron chi connectivity index (χ2n) is 3.71. The number of carbonyl (C=O) groups excluding carboxylic acids is 1. The summed E-state index contributed by atoms with van der Waals surface area (Å²) in [5.41, 5.74) is 0.991. The van der Waals surface area contributed by atoms with Crippen molar-refractivity contribution in [2.75, 3.05) is 0 Å². The minimum absolute atomic E-state index is 0.146. The van der Waals surface area contributed by atoms with E-state index in [1.165, 1.54) is 11.8 Å².